The third kappa shape index (κ3) is 3.47. The van der Waals surface area contributed by atoms with E-state index in [4.69, 9.17) is 4.74 Å². The number of ether oxygens (including phenoxy) is 1. The Balaban J connectivity index is 2.01. The number of nitrogens with one attached hydrogen (secondary N) is 2. The molecule has 1 atom stereocenters. The van der Waals surface area contributed by atoms with Crippen molar-refractivity contribution in [2.45, 2.75) is 32.7 Å². The van der Waals surface area contributed by atoms with E-state index >= 15 is 0 Å². The van der Waals surface area contributed by atoms with Crippen LogP contribution in [0.5, 0.6) is 5.75 Å². The van der Waals surface area contributed by atoms with Crippen LogP contribution >= 0.6 is 0 Å². The van der Waals surface area contributed by atoms with Gasteiger partial charge in [-0.3, -0.25) is 4.79 Å². The van der Waals surface area contributed by atoms with Crippen LogP contribution in [0.2, 0.25) is 0 Å². The van der Waals surface area contributed by atoms with Gasteiger partial charge < -0.3 is 15.0 Å². The second-order valence-corrected chi connectivity index (χ2v) is 5.01. The van der Waals surface area contributed by atoms with E-state index in [9.17, 15) is 4.79 Å². The van der Waals surface area contributed by atoms with Gasteiger partial charge in [-0.15, -0.1) is 0 Å². The minimum atomic E-state index is -0.00261. The molecule has 104 valence electrons. The summed E-state index contributed by atoms with van der Waals surface area (Å²) in [7, 11) is 0. The van der Waals surface area contributed by atoms with E-state index in [1.807, 2.05) is 38.1 Å². The van der Waals surface area contributed by atoms with Crippen molar-refractivity contribution in [2.75, 3.05) is 25.0 Å². The summed E-state index contributed by atoms with van der Waals surface area (Å²) in [4.78, 5) is 13.6. The molecule has 2 N–H and O–H groups in total. The van der Waals surface area contributed by atoms with E-state index in [1.54, 1.807) is 0 Å². The Bertz CT molecular complexity index is 428. The maximum atomic E-state index is 12.3. The lowest BCUT2D eigenvalue weighted by Crippen LogP contribution is -3.14. The van der Waals surface area contributed by atoms with Crippen molar-refractivity contribution < 1.29 is 14.4 Å². The molecule has 4 heteroatoms. The molecular weight excluding hydrogens is 240 g/mol. The van der Waals surface area contributed by atoms with Crippen molar-refractivity contribution >= 4 is 11.6 Å². The number of likely N-dealkylation sites (tertiary alicyclic amines) is 1. The Kier molecular flexibility index (Phi) is 4.80. The summed E-state index contributed by atoms with van der Waals surface area (Å²) in [5, 5.41) is 2.99. The van der Waals surface area contributed by atoms with Gasteiger partial charge in [-0.25, -0.2) is 0 Å². The average Bonchev–Trinajstić information content (AvgIpc) is 2.94. The number of amides is 1. The molecular formula is C15H23N2O2+. The first kappa shape index (κ1) is 13.9. The van der Waals surface area contributed by atoms with Crippen molar-refractivity contribution in [1.29, 1.82) is 0 Å². The molecule has 19 heavy (non-hydrogen) atoms. The fourth-order valence-electron chi connectivity index (χ4n) is 2.54. The number of para-hydroxylation sites is 2. The van der Waals surface area contributed by atoms with Crippen molar-refractivity contribution in [3.05, 3.63) is 24.3 Å². The quantitative estimate of drug-likeness (QED) is 0.835. The summed E-state index contributed by atoms with van der Waals surface area (Å²) >= 11 is 0. The highest BCUT2D eigenvalue weighted by molar-refractivity contribution is 5.94. The van der Waals surface area contributed by atoms with Crippen LogP contribution in [0.1, 0.15) is 26.7 Å². The number of benzene rings is 1. The highest BCUT2D eigenvalue weighted by atomic mass is 16.5. The monoisotopic (exact) mass is 263 g/mol. The highest BCUT2D eigenvalue weighted by Gasteiger charge is 2.28. The summed E-state index contributed by atoms with van der Waals surface area (Å²) < 4.78 is 5.52. The molecule has 0 saturated carbocycles. The SMILES string of the molecule is CCOc1ccccc1NC(=O)[C@H](C)[NH+]1CCCC1. The molecule has 2 rings (SSSR count). The van der Waals surface area contributed by atoms with Crippen molar-refractivity contribution in [3.63, 3.8) is 0 Å². The van der Waals surface area contributed by atoms with E-state index in [1.165, 1.54) is 17.7 Å². The third-order valence-corrected chi connectivity index (χ3v) is 3.70. The Labute approximate surface area is 114 Å². The maximum absolute atomic E-state index is 12.3. The molecule has 0 aromatic heterocycles. The predicted molar refractivity (Wildman–Crippen MR) is 75.6 cm³/mol. The molecule has 0 spiro atoms. The lowest BCUT2D eigenvalue weighted by molar-refractivity contribution is -0.901. The van der Waals surface area contributed by atoms with Crippen LogP contribution in [-0.2, 0) is 4.79 Å². The summed E-state index contributed by atoms with van der Waals surface area (Å²) in [6, 6.07) is 7.58. The number of rotatable bonds is 5. The number of anilines is 1. The summed E-state index contributed by atoms with van der Waals surface area (Å²) in [5.74, 6) is 0.811. The lowest BCUT2D eigenvalue weighted by Gasteiger charge is -2.20. The average molecular weight is 263 g/mol. The van der Waals surface area contributed by atoms with E-state index in [0.717, 1.165) is 24.5 Å². The first-order chi connectivity index (χ1) is 9.22. The van der Waals surface area contributed by atoms with Crippen LogP contribution in [0.3, 0.4) is 0 Å². The predicted octanol–water partition coefficient (Wildman–Crippen LogP) is 1.09. The van der Waals surface area contributed by atoms with Gasteiger partial charge in [0.25, 0.3) is 5.91 Å². The molecule has 0 aliphatic carbocycles. The number of hydrogen-bond donors (Lipinski definition) is 2. The van der Waals surface area contributed by atoms with Gasteiger partial charge >= 0.3 is 0 Å². The Morgan fingerprint density at radius 2 is 2.05 bits per heavy atom. The Morgan fingerprint density at radius 3 is 2.74 bits per heavy atom. The lowest BCUT2D eigenvalue weighted by atomic mass is 10.2. The second-order valence-electron chi connectivity index (χ2n) is 5.01. The van der Waals surface area contributed by atoms with Crippen LogP contribution in [0, 0.1) is 0 Å². The molecule has 1 amide bonds. The van der Waals surface area contributed by atoms with Crippen LogP contribution < -0.4 is 15.0 Å². The molecule has 0 radical (unpaired) electrons. The fourth-order valence-corrected chi connectivity index (χ4v) is 2.54. The smallest absolute Gasteiger partial charge is 0.282 e. The highest BCUT2D eigenvalue weighted by Crippen LogP contribution is 2.23. The number of carbonyl (C=O) groups excluding carboxylic acids is 1. The van der Waals surface area contributed by atoms with Gasteiger partial charge in [-0.05, 0) is 26.0 Å². The largest absolute Gasteiger partial charge is 0.492 e. The number of carbonyl (C=O) groups is 1. The van der Waals surface area contributed by atoms with Crippen LogP contribution in [-0.4, -0.2) is 31.6 Å². The third-order valence-electron chi connectivity index (χ3n) is 3.70. The zero-order valence-electron chi connectivity index (χ0n) is 11.7. The first-order valence-corrected chi connectivity index (χ1v) is 7.09. The van der Waals surface area contributed by atoms with Crippen molar-refractivity contribution in [2.24, 2.45) is 0 Å². The molecule has 4 nitrogen and oxygen atoms in total. The van der Waals surface area contributed by atoms with Crippen LogP contribution in [0.25, 0.3) is 0 Å². The number of hydrogen-bond acceptors (Lipinski definition) is 2. The summed E-state index contributed by atoms with van der Waals surface area (Å²) in [6.45, 7) is 6.73. The molecule has 1 aromatic carbocycles. The van der Waals surface area contributed by atoms with Gasteiger partial charge in [0.1, 0.15) is 5.75 Å². The van der Waals surface area contributed by atoms with Gasteiger partial charge in [-0.2, -0.15) is 0 Å². The fraction of sp³-hybridized carbons (Fsp3) is 0.533. The first-order valence-electron chi connectivity index (χ1n) is 7.09. The van der Waals surface area contributed by atoms with Crippen molar-refractivity contribution in [1.82, 2.24) is 0 Å². The molecule has 1 saturated heterocycles. The van der Waals surface area contributed by atoms with Gasteiger partial charge in [-0.1, -0.05) is 12.1 Å². The zero-order chi connectivity index (χ0) is 13.7. The van der Waals surface area contributed by atoms with Gasteiger partial charge in [0.05, 0.1) is 25.4 Å². The van der Waals surface area contributed by atoms with Crippen LogP contribution in [0.4, 0.5) is 5.69 Å². The Morgan fingerprint density at radius 1 is 1.37 bits per heavy atom. The number of quaternary nitrogens is 1. The zero-order valence-corrected chi connectivity index (χ0v) is 11.7. The molecule has 1 aliphatic heterocycles. The standard InChI is InChI=1S/C15H22N2O2/c1-3-19-14-9-5-4-8-13(14)16-15(18)12(2)17-10-6-7-11-17/h4-5,8-9,12H,3,6-7,10-11H2,1-2H3,(H,16,18)/p+1/t12-/m0/s1. The summed E-state index contributed by atoms with van der Waals surface area (Å²) in [6.07, 6.45) is 2.45. The summed E-state index contributed by atoms with van der Waals surface area (Å²) in [5.41, 5.74) is 0.764. The normalized spacial score (nSPS) is 17.2. The van der Waals surface area contributed by atoms with Gasteiger partial charge in [0.15, 0.2) is 6.04 Å². The Hall–Kier alpha value is -1.55. The molecule has 1 fully saturated rings. The molecule has 0 bridgehead atoms. The minimum absolute atomic E-state index is 0.00261. The minimum Gasteiger partial charge on any atom is -0.492 e. The molecule has 1 aromatic rings. The van der Waals surface area contributed by atoms with Gasteiger partial charge in [0, 0.05) is 12.8 Å². The van der Waals surface area contributed by atoms with Crippen molar-refractivity contribution in [3.8, 4) is 5.75 Å². The van der Waals surface area contributed by atoms with E-state index < -0.39 is 0 Å². The molecule has 1 aliphatic rings. The van der Waals surface area contributed by atoms with Crippen LogP contribution in [0.15, 0.2) is 24.3 Å². The molecule has 1 heterocycles. The maximum Gasteiger partial charge on any atom is 0.282 e. The second kappa shape index (κ2) is 6.57. The van der Waals surface area contributed by atoms with E-state index in [0.29, 0.717) is 6.61 Å². The molecule has 0 unspecified atom stereocenters. The van der Waals surface area contributed by atoms with E-state index in [-0.39, 0.29) is 11.9 Å². The topological polar surface area (TPSA) is 42.8 Å². The van der Waals surface area contributed by atoms with E-state index in [2.05, 4.69) is 5.32 Å². The van der Waals surface area contributed by atoms with Gasteiger partial charge in [0.2, 0.25) is 0 Å².